The Morgan fingerprint density at radius 3 is 2.40 bits per heavy atom. The van der Waals surface area contributed by atoms with E-state index in [1.807, 2.05) is 26.0 Å². The molecule has 0 radical (unpaired) electrons. The zero-order valence-corrected chi connectivity index (χ0v) is 21.0. The van der Waals surface area contributed by atoms with Gasteiger partial charge in [-0.25, -0.2) is 0 Å². The summed E-state index contributed by atoms with van der Waals surface area (Å²) in [4.78, 5) is 4.31. The van der Waals surface area contributed by atoms with Crippen LogP contribution in [0.5, 0.6) is 11.5 Å². The number of nitrogens with zero attached hydrogens (tertiary/aromatic N) is 2. The van der Waals surface area contributed by atoms with Crippen molar-refractivity contribution in [3.63, 3.8) is 0 Å². The van der Waals surface area contributed by atoms with Crippen molar-refractivity contribution in [1.82, 2.24) is 15.8 Å². The van der Waals surface area contributed by atoms with Crippen LogP contribution >= 0.6 is 24.0 Å². The van der Waals surface area contributed by atoms with Crippen molar-refractivity contribution in [2.75, 3.05) is 26.8 Å². The Morgan fingerprint density at radius 1 is 1.03 bits per heavy atom. The van der Waals surface area contributed by atoms with Gasteiger partial charge in [-0.15, -0.1) is 24.0 Å². The second-order valence-corrected chi connectivity index (χ2v) is 6.49. The van der Waals surface area contributed by atoms with Crippen LogP contribution in [0.4, 0.5) is 0 Å². The van der Waals surface area contributed by atoms with E-state index in [-0.39, 0.29) is 24.0 Å². The largest absolute Gasteiger partial charge is 0.490 e. The molecular weight excluding hydrogens is 495 g/mol. The number of rotatable bonds is 11. The van der Waals surface area contributed by atoms with Gasteiger partial charge in [0.1, 0.15) is 5.76 Å². The maximum Gasteiger partial charge on any atom is 0.191 e. The molecule has 0 spiro atoms. The van der Waals surface area contributed by atoms with E-state index in [1.54, 1.807) is 7.05 Å². The van der Waals surface area contributed by atoms with E-state index in [2.05, 4.69) is 40.7 Å². The minimum absolute atomic E-state index is 0. The summed E-state index contributed by atoms with van der Waals surface area (Å²) in [6.07, 6.45) is 2.53. The van der Waals surface area contributed by atoms with Crippen LogP contribution in [-0.4, -0.2) is 37.9 Å². The zero-order valence-electron chi connectivity index (χ0n) is 18.7. The molecule has 0 aliphatic heterocycles. The van der Waals surface area contributed by atoms with Gasteiger partial charge in [-0.05, 0) is 44.4 Å². The molecule has 2 aromatic rings. The van der Waals surface area contributed by atoms with Gasteiger partial charge in [0, 0.05) is 32.1 Å². The summed E-state index contributed by atoms with van der Waals surface area (Å²) >= 11 is 0. The normalized spacial score (nSPS) is 11.0. The fourth-order valence-corrected chi connectivity index (χ4v) is 3.11. The van der Waals surface area contributed by atoms with Gasteiger partial charge in [0.15, 0.2) is 17.5 Å². The number of halogens is 1. The molecule has 0 saturated carbocycles. The first-order chi connectivity index (χ1) is 14.2. The van der Waals surface area contributed by atoms with Gasteiger partial charge >= 0.3 is 0 Å². The number of aryl methyl sites for hydroxylation is 2. The lowest BCUT2D eigenvalue weighted by Gasteiger charge is -2.14. The average molecular weight is 530 g/mol. The molecule has 0 amide bonds. The first kappa shape index (κ1) is 26.1. The molecule has 0 atom stereocenters. The van der Waals surface area contributed by atoms with Gasteiger partial charge in [-0.2, -0.15) is 0 Å². The molecule has 2 rings (SSSR count). The van der Waals surface area contributed by atoms with Crippen LogP contribution < -0.4 is 20.1 Å². The fourth-order valence-electron chi connectivity index (χ4n) is 3.11. The number of guanidine groups is 1. The molecule has 0 fully saturated rings. The Labute approximate surface area is 197 Å². The van der Waals surface area contributed by atoms with Gasteiger partial charge in [-0.3, -0.25) is 4.99 Å². The topological polar surface area (TPSA) is 80.9 Å². The van der Waals surface area contributed by atoms with Crippen molar-refractivity contribution in [1.29, 1.82) is 0 Å². The highest BCUT2D eigenvalue weighted by atomic mass is 127. The van der Waals surface area contributed by atoms with E-state index < -0.39 is 0 Å². The van der Waals surface area contributed by atoms with E-state index in [9.17, 15) is 0 Å². The van der Waals surface area contributed by atoms with Crippen molar-refractivity contribution in [2.45, 2.75) is 53.5 Å². The smallest absolute Gasteiger partial charge is 0.191 e. The van der Waals surface area contributed by atoms with E-state index in [0.717, 1.165) is 60.3 Å². The Hall–Kier alpha value is -1.97. The first-order valence-corrected chi connectivity index (χ1v) is 10.5. The maximum atomic E-state index is 5.71. The molecule has 7 nitrogen and oxygen atoms in total. The number of hydrogen-bond acceptors (Lipinski definition) is 5. The highest BCUT2D eigenvalue weighted by molar-refractivity contribution is 14.0. The van der Waals surface area contributed by atoms with Crippen LogP contribution in [0.2, 0.25) is 0 Å². The molecule has 1 aromatic carbocycles. The van der Waals surface area contributed by atoms with Crippen LogP contribution in [0.15, 0.2) is 27.7 Å². The third-order valence-corrected chi connectivity index (χ3v) is 4.58. The summed E-state index contributed by atoms with van der Waals surface area (Å²) in [7, 11) is 1.77. The summed E-state index contributed by atoms with van der Waals surface area (Å²) in [5.74, 6) is 3.27. The predicted molar refractivity (Wildman–Crippen MR) is 131 cm³/mol. The van der Waals surface area contributed by atoms with Crippen molar-refractivity contribution >= 4 is 29.9 Å². The minimum Gasteiger partial charge on any atom is -0.490 e. The van der Waals surface area contributed by atoms with Crippen LogP contribution in [0.25, 0.3) is 0 Å². The quantitative estimate of drug-likeness (QED) is 0.259. The SMILES string of the molecule is CCOc1ccc(CCNC(=NC)NCc2c(CC)noc2CC)cc1OCC.I. The van der Waals surface area contributed by atoms with Crippen LogP contribution in [-0.2, 0) is 25.8 Å². The molecule has 0 saturated heterocycles. The second-order valence-electron chi connectivity index (χ2n) is 6.49. The number of aliphatic imine (C=N–C) groups is 1. The van der Waals surface area contributed by atoms with Crippen LogP contribution in [0.3, 0.4) is 0 Å². The second kappa shape index (κ2) is 14.1. The Kier molecular flexibility index (Phi) is 12.3. The highest BCUT2D eigenvalue weighted by Gasteiger charge is 2.13. The summed E-state index contributed by atoms with van der Waals surface area (Å²) in [5, 5.41) is 10.9. The van der Waals surface area contributed by atoms with Gasteiger partial charge in [-0.1, -0.05) is 25.1 Å². The lowest BCUT2D eigenvalue weighted by atomic mass is 10.1. The third kappa shape index (κ3) is 7.37. The van der Waals surface area contributed by atoms with Crippen molar-refractivity contribution in [3.8, 4) is 11.5 Å². The zero-order chi connectivity index (χ0) is 21.1. The molecule has 0 bridgehead atoms. The number of aromatic nitrogens is 1. The number of nitrogens with one attached hydrogen (secondary N) is 2. The molecule has 2 N–H and O–H groups in total. The summed E-state index contributed by atoms with van der Waals surface area (Å²) in [5.41, 5.74) is 3.31. The molecule has 0 unspecified atom stereocenters. The van der Waals surface area contributed by atoms with Gasteiger partial charge < -0.3 is 24.6 Å². The van der Waals surface area contributed by atoms with E-state index in [1.165, 1.54) is 5.56 Å². The lowest BCUT2D eigenvalue weighted by molar-refractivity contribution is 0.287. The predicted octanol–water partition coefficient (Wildman–Crippen LogP) is 4.12. The highest BCUT2D eigenvalue weighted by Crippen LogP contribution is 2.28. The Bertz CT molecular complexity index is 771. The molecule has 8 heteroatoms. The monoisotopic (exact) mass is 530 g/mol. The molecule has 0 aliphatic rings. The average Bonchev–Trinajstić information content (AvgIpc) is 3.14. The molecule has 1 aromatic heterocycles. The Balaban J connectivity index is 0.00000450. The van der Waals surface area contributed by atoms with Crippen molar-refractivity contribution in [2.24, 2.45) is 4.99 Å². The lowest BCUT2D eigenvalue weighted by Crippen LogP contribution is -2.38. The van der Waals surface area contributed by atoms with Crippen molar-refractivity contribution in [3.05, 3.63) is 40.8 Å². The molecule has 30 heavy (non-hydrogen) atoms. The van der Waals surface area contributed by atoms with Crippen LogP contribution in [0.1, 0.15) is 50.3 Å². The van der Waals surface area contributed by atoms with Crippen molar-refractivity contribution < 1.29 is 14.0 Å². The fraction of sp³-hybridized carbons (Fsp3) is 0.545. The Morgan fingerprint density at radius 2 is 1.77 bits per heavy atom. The van der Waals surface area contributed by atoms with Gasteiger partial charge in [0.25, 0.3) is 0 Å². The molecule has 168 valence electrons. The molecular formula is C22H35IN4O3. The van der Waals surface area contributed by atoms with Crippen LogP contribution in [0, 0.1) is 0 Å². The van der Waals surface area contributed by atoms with Gasteiger partial charge in [0.05, 0.1) is 18.9 Å². The molecule has 1 heterocycles. The number of benzene rings is 1. The summed E-state index contributed by atoms with van der Waals surface area (Å²) in [6, 6.07) is 6.09. The summed E-state index contributed by atoms with van der Waals surface area (Å²) < 4.78 is 16.8. The third-order valence-electron chi connectivity index (χ3n) is 4.58. The van der Waals surface area contributed by atoms with E-state index in [0.29, 0.717) is 19.8 Å². The minimum atomic E-state index is 0. The van der Waals surface area contributed by atoms with Gasteiger partial charge in [0.2, 0.25) is 0 Å². The number of hydrogen-bond donors (Lipinski definition) is 2. The van der Waals surface area contributed by atoms with E-state index >= 15 is 0 Å². The molecule has 0 aliphatic carbocycles. The summed E-state index contributed by atoms with van der Waals surface area (Å²) in [6.45, 7) is 10.7. The van der Waals surface area contributed by atoms with E-state index in [4.69, 9.17) is 14.0 Å². The first-order valence-electron chi connectivity index (χ1n) is 10.5. The standard InChI is InChI=1S/C22H34N4O3.HI/c1-6-18-17(19(7-2)29-26-18)15-25-22(23-5)24-13-12-16-10-11-20(27-8-3)21(14-16)28-9-4;/h10-11,14H,6-9,12-13,15H2,1-5H3,(H2,23,24,25);1H. The number of ether oxygens (including phenoxy) is 2. The maximum absolute atomic E-state index is 5.71.